The zero-order valence-corrected chi connectivity index (χ0v) is 14.9. The van der Waals surface area contributed by atoms with Crippen LogP contribution in [0.2, 0.25) is 0 Å². The van der Waals surface area contributed by atoms with Crippen LogP contribution in [0.15, 0.2) is 29.2 Å². The van der Waals surface area contributed by atoms with Gasteiger partial charge in [0.1, 0.15) is 11.4 Å². The summed E-state index contributed by atoms with van der Waals surface area (Å²) in [5.41, 5.74) is -0.309. The van der Waals surface area contributed by atoms with Gasteiger partial charge in [0, 0.05) is 26.2 Å². The van der Waals surface area contributed by atoms with Gasteiger partial charge >= 0.3 is 0 Å². The first-order valence-electron chi connectivity index (χ1n) is 7.85. The molecule has 0 atom stereocenters. The van der Waals surface area contributed by atoms with Gasteiger partial charge in [0.25, 0.3) is 0 Å². The van der Waals surface area contributed by atoms with Gasteiger partial charge < -0.3 is 9.47 Å². The highest BCUT2D eigenvalue weighted by Crippen LogP contribution is 2.20. The van der Waals surface area contributed by atoms with E-state index in [1.54, 1.807) is 24.3 Å². The second kappa shape index (κ2) is 7.61. The lowest BCUT2D eigenvalue weighted by atomic mass is 10.2. The number of nitrogens with zero attached hydrogens (tertiary/aromatic N) is 1. The molecule has 1 aromatic rings. The second-order valence-corrected chi connectivity index (χ2v) is 8.30. The van der Waals surface area contributed by atoms with Crippen LogP contribution in [0.5, 0.6) is 5.75 Å². The predicted octanol–water partition coefficient (Wildman–Crippen LogP) is 1.47. The molecule has 2 rings (SSSR count). The number of nitrogens with one attached hydrogen (secondary N) is 1. The lowest BCUT2D eigenvalue weighted by Crippen LogP contribution is -2.41. The number of hydrogen-bond donors (Lipinski definition) is 1. The van der Waals surface area contributed by atoms with Crippen LogP contribution in [-0.2, 0) is 14.8 Å². The first kappa shape index (κ1) is 18.2. The molecule has 6 nitrogen and oxygen atoms in total. The van der Waals surface area contributed by atoms with Gasteiger partial charge in [-0.2, -0.15) is 0 Å². The van der Waals surface area contributed by atoms with E-state index in [1.807, 2.05) is 20.8 Å². The average molecular weight is 342 g/mol. The van der Waals surface area contributed by atoms with E-state index in [4.69, 9.17) is 9.47 Å². The third kappa shape index (κ3) is 6.10. The molecule has 1 aliphatic heterocycles. The van der Waals surface area contributed by atoms with E-state index in [1.165, 1.54) is 0 Å². The van der Waals surface area contributed by atoms with E-state index in [0.717, 1.165) is 13.1 Å². The van der Waals surface area contributed by atoms with Gasteiger partial charge in [-0.1, -0.05) is 0 Å². The molecule has 1 aromatic carbocycles. The highest BCUT2D eigenvalue weighted by molar-refractivity contribution is 7.89. The van der Waals surface area contributed by atoms with Crippen molar-refractivity contribution in [3.63, 3.8) is 0 Å². The van der Waals surface area contributed by atoms with Crippen LogP contribution < -0.4 is 9.46 Å². The summed E-state index contributed by atoms with van der Waals surface area (Å²) >= 11 is 0. The number of morpholine rings is 1. The zero-order chi connectivity index (χ0) is 16.9. The molecule has 0 aliphatic carbocycles. The molecule has 0 spiro atoms. The van der Waals surface area contributed by atoms with E-state index in [2.05, 4.69) is 9.62 Å². The smallest absolute Gasteiger partial charge is 0.240 e. The molecule has 0 aromatic heterocycles. The summed E-state index contributed by atoms with van der Waals surface area (Å²) in [5.74, 6) is 0.657. The third-order valence-corrected chi connectivity index (χ3v) is 4.86. The molecule has 1 aliphatic rings. The SMILES string of the molecule is CC(C)(C)Oc1ccc(S(=O)(=O)NCCN2CCOCC2)cc1. The first-order valence-corrected chi connectivity index (χ1v) is 9.33. The summed E-state index contributed by atoms with van der Waals surface area (Å²) in [5, 5.41) is 0. The molecule has 1 saturated heterocycles. The molecule has 1 fully saturated rings. The van der Waals surface area contributed by atoms with Crippen LogP contribution in [0.3, 0.4) is 0 Å². The summed E-state index contributed by atoms with van der Waals surface area (Å²) in [4.78, 5) is 2.44. The van der Waals surface area contributed by atoms with Crippen molar-refractivity contribution in [2.24, 2.45) is 0 Å². The molecule has 0 amide bonds. The van der Waals surface area contributed by atoms with Gasteiger partial charge in [0.15, 0.2) is 0 Å². The lowest BCUT2D eigenvalue weighted by molar-refractivity contribution is 0.0390. The maximum atomic E-state index is 12.3. The van der Waals surface area contributed by atoms with Crippen LogP contribution in [0.4, 0.5) is 0 Å². The summed E-state index contributed by atoms with van der Waals surface area (Å²) in [6.45, 7) is 10.0. The van der Waals surface area contributed by atoms with Gasteiger partial charge in [-0.25, -0.2) is 13.1 Å². The first-order chi connectivity index (χ1) is 10.8. The minimum absolute atomic E-state index is 0.251. The molecular weight excluding hydrogens is 316 g/mol. The molecule has 23 heavy (non-hydrogen) atoms. The highest BCUT2D eigenvalue weighted by Gasteiger charge is 2.17. The Hall–Kier alpha value is -1.15. The largest absolute Gasteiger partial charge is 0.488 e. The Bertz CT molecular complexity index is 588. The van der Waals surface area contributed by atoms with Gasteiger partial charge in [-0.05, 0) is 45.0 Å². The van der Waals surface area contributed by atoms with Crippen molar-refractivity contribution in [3.8, 4) is 5.75 Å². The van der Waals surface area contributed by atoms with E-state index >= 15 is 0 Å². The van der Waals surface area contributed by atoms with Crippen LogP contribution in [0.1, 0.15) is 20.8 Å². The number of benzene rings is 1. The molecule has 7 heteroatoms. The fourth-order valence-corrected chi connectivity index (χ4v) is 3.31. The Morgan fingerprint density at radius 2 is 1.78 bits per heavy atom. The number of sulfonamides is 1. The van der Waals surface area contributed by atoms with Crippen LogP contribution in [0.25, 0.3) is 0 Å². The lowest BCUT2D eigenvalue weighted by Gasteiger charge is -2.26. The normalized spacial score (nSPS) is 17.2. The third-order valence-electron chi connectivity index (χ3n) is 3.38. The maximum Gasteiger partial charge on any atom is 0.240 e. The topological polar surface area (TPSA) is 67.9 Å². The fraction of sp³-hybridized carbons (Fsp3) is 0.625. The fourth-order valence-electron chi connectivity index (χ4n) is 2.29. The molecule has 0 radical (unpaired) electrons. The number of rotatable bonds is 6. The second-order valence-electron chi connectivity index (χ2n) is 6.54. The van der Waals surface area contributed by atoms with Gasteiger partial charge in [-0.15, -0.1) is 0 Å². The molecule has 1 heterocycles. The van der Waals surface area contributed by atoms with E-state index in [-0.39, 0.29) is 10.5 Å². The van der Waals surface area contributed by atoms with Crippen LogP contribution in [-0.4, -0.2) is 58.3 Å². The van der Waals surface area contributed by atoms with Crippen molar-refractivity contribution in [1.29, 1.82) is 0 Å². The Labute approximate surface area is 138 Å². The minimum Gasteiger partial charge on any atom is -0.488 e. The molecule has 130 valence electrons. The van der Waals surface area contributed by atoms with E-state index in [9.17, 15) is 8.42 Å². The molecule has 1 N–H and O–H groups in total. The maximum absolute atomic E-state index is 12.3. The predicted molar refractivity (Wildman–Crippen MR) is 89.3 cm³/mol. The Morgan fingerprint density at radius 3 is 2.35 bits per heavy atom. The Kier molecular flexibility index (Phi) is 6.02. The van der Waals surface area contributed by atoms with Gasteiger partial charge in [0.2, 0.25) is 10.0 Å². The Balaban J connectivity index is 1.88. The highest BCUT2D eigenvalue weighted by atomic mass is 32.2. The Morgan fingerprint density at radius 1 is 1.17 bits per heavy atom. The minimum atomic E-state index is -3.49. The van der Waals surface area contributed by atoms with E-state index in [0.29, 0.717) is 32.1 Å². The van der Waals surface area contributed by atoms with Crippen molar-refractivity contribution < 1.29 is 17.9 Å². The number of ether oxygens (including phenoxy) is 2. The molecule has 0 bridgehead atoms. The summed E-state index contributed by atoms with van der Waals surface area (Å²) in [6.07, 6.45) is 0. The van der Waals surface area contributed by atoms with Crippen molar-refractivity contribution in [1.82, 2.24) is 9.62 Å². The number of hydrogen-bond acceptors (Lipinski definition) is 5. The zero-order valence-electron chi connectivity index (χ0n) is 14.0. The summed E-state index contributed by atoms with van der Waals surface area (Å²) in [6, 6.07) is 6.50. The summed E-state index contributed by atoms with van der Waals surface area (Å²) < 4.78 is 38.2. The van der Waals surface area contributed by atoms with E-state index < -0.39 is 10.0 Å². The van der Waals surface area contributed by atoms with Gasteiger partial charge in [-0.3, -0.25) is 4.90 Å². The standard InChI is InChI=1S/C16H26N2O4S/c1-16(2,3)22-14-4-6-15(7-5-14)23(19,20)17-8-9-18-10-12-21-13-11-18/h4-7,17H,8-13H2,1-3H3. The van der Waals surface area contributed by atoms with Crippen molar-refractivity contribution >= 4 is 10.0 Å². The quantitative estimate of drug-likeness (QED) is 0.848. The van der Waals surface area contributed by atoms with Gasteiger partial charge in [0.05, 0.1) is 18.1 Å². The van der Waals surface area contributed by atoms with Crippen molar-refractivity contribution in [2.75, 3.05) is 39.4 Å². The molecule has 0 unspecified atom stereocenters. The summed E-state index contributed by atoms with van der Waals surface area (Å²) in [7, 11) is -3.49. The average Bonchev–Trinajstić information content (AvgIpc) is 2.47. The van der Waals surface area contributed by atoms with Crippen LogP contribution in [0, 0.1) is 0 Å². The monoisotopic (exact) mass is 342 g/mol. The molecular formula is C16H26N2O4S. The van der Waals surface area contributed by atoms with Crippen molar-refractivity contribution in [2.45, 2.75) is 31.3 Å². The van der Waals surface area contributed by atoms with Crippen LogP contribution >= 0.6 is 0 Å². The molecule has 0 saturated carbocycles. The van der Waals surface area contributed by atoms with Crippen molar-refractivity contribution in [3.05, 3.63) is 24.3 Å².